The monoisotopic (exact) mass is 518 g/mol. The highest BCUT2D eigenvalue weighted by Gasteiger charge is 2.20. The molecule has 0 radical (unpaired) electrons. The van der Waals surface area contributed by atoms with E-state index in [1.165, 1.54) is 31.1 Å². The van der Waals surface area contributed by atoms with Gasteiger partial charge in [0.1, 0.15) is 5.75 Å². The normalized spacial score (nSPS) is 15.2. The summed E-state index contributed by atoms with van der Waals surface area (Å²) in [5.74, 6) is 0.829. The smallest absolute Gasteiger partial charge is 0.232 e. The molecule has 4 rings (SSSR count). The van der Waals surface area contributed by atoms with Gasteiger partial charge in [-0.25, -0.2) is 8.42 Å². The van der Waals surface area contributed by atoms with Gasteiger partial charge in [0.05, 0.1) is 19.1 Å². The van der Waals surface area contributed by atoms with Crippen LogP contribution in [0.15, 0.2) is 78.9 Å². The maximum absolute atomic E-state index is 12.7. The molecular weight excluding hydrogens is 480 g/mol. The first kappa shape index (κ1) is 27.0. The lowest BCUT2D eigenvalue weighted by Gasteiger charge is -2.30. The van der Waals surface area contributed by atoms with Crippen molar-refractivity contribution >= 4 is 26.9 Å². The van der Waals surface area contributed by atoms with Crippen LogP contribution in [-0.2, 0) is 10.0 Å². The fraction of sp³-hybridized carbons (Fsp3) is 0.355. The number of piperidine rings is 1. The molecule has 0 saturated carbocycles. The number of allylic oxidation sites excluding steroid dienone is 1. The molecule has 1 aliphatic heterocycles. The standard InChI is InChI=1S/C31H38N2O3S/c1-4-30(25-15-19-29(36-2)20-16-25)31(26-11-7-5-8-12-26)27-13-17-28(18-14-27)33(37(3,34)35)24-23-32-21-9-6-10-22-32/h5,7-8,11-20H,4,6,9-10,21-24H2,1-3H3. The van der Waals surface area contributed by atoms with E-state index in [-0.39, 0.29) is 0 Å². The van der Waals surface area contributed by atoms with Gasteiger partial charge in [0.25, 0.3) is 0 Å². The first-order valence-electron chi connectivity index (χ1n) is 13.1. The van der Waals surface area contributed by atoms with Crippen LogP contribution in [0.5, 0.6) is 5.75 Å². The van der Waals surface area contributed by atoms with Crippen molar-refractivity contribution < 1.29 is 13.2 Å². The third kappa shape index (κ3) is 6.82. The Bertz CT molecular complexity index is 1280. The van der Waals surface area contributed by atoms with Gasteiger partial charge < -0.3 is 9.64 Å². The molecule has 0 N–H and O–H groups in total. The molecule has 3 aromatic rings. The third-order valence-corrected chi connectivity index (χ3v) is 8.26. The molecule has 0 bridgehead atoms. The fourth-order valence-electron chi connectivity index (χ4n) is 5.13. The molecule has 1 heterocycles. The van der Waals surface area contributed by atoms with Gasteiger partial charge in [-0.3, -0.25) is 4.31 Å². The van der Waals surface area contributed by atoms with Crippen molar-refractivity contribution in [2.75, 3.05) is 43.8 Å². The van der Waals surface area contributed by atoms with Crippen molar-refractivity contribution in [3.05, 3.63) is 95.6 Å². The maximum Gasteiger partial charge on any atom is 0.232 e. The molecule has 3 aromatic carbocycles. The van der Waals surface area contributed by atoms with Crippen molar-refractivity contribution in [1.82, 2.24) is 4.90 Å². The zero-order chi connectivity index (χ0) is 26.3. The fourth-order valence-corrected chi connectivity index (χ4v) is 6.05. The summed E-state index contributed by atoms with van der Waals surface area (Å²) < 4.78 is 32.4. The lowest BCUT2D eigenvalue weighted by Crippen LogP contribution is -2.40. The van der Waals surface area contributed by atoms with E-state index in [1.807, 2.05) is 30.3 Å². The van der Waals surface area contributed by atoms with Crippen LogP contribution >= 0.6 is 0 Å². The SMILES string of the molecule is CCC(=C(c1ccccc1)c1ccc(N(CCN2CCCCC2)S(C)(=O)=O)cc1)c1ccc(OC)cc1. The molecule has 0 unspecified atom stereocenters. The van der Waals surface area contributed by atoms with Crippen molar-refractivity contribution in [2.24, 2.45) is 0 Å². The lowest BCUT2D eigenvalue weighted by atomic mass is 9.88. The van der Waals surface area contributed by atoms with Gasteiger partial charge in [-0.05, 0) is 84.5 Å². The third-order valence-electron chi connectivity index (χ3n) is 7.07. The summed E-state index contributed by atoms with van der Waals surface area (Å²) in [6.45, 7) is 5.48. The number of sulfonamides is 1. The lowest BCUT2D eigenvalue weighted by molar-refractivity contribution is 0.235. The largest absolute Gasteiger partial charge is 0.497 e. The van der Waals surface area contributed by atoms with Crippen LogP contribution in [0.2, 0.25) is 0 Å². The van der Waals surface area contributed by atoms with E-state index < -0.39 is 10.0 Å². The van der Waals surface area contributed by atoms with E-state index in [1.54, 1.807) is 11.4 Å². The Morgan fingerprint density at radius 2 is 1.43 bits per heavy atom. The molecule has 1 aliphatic rings. The second kappa shape index (κ2) is 12.4. The first-order valence-corrected chi connectivity index (χ1v) is 15.0. The van der Waals surface area contributed by atoms with Crippen molar-refractivity contribution in [1.29, 1.82) is 0 Å². The topological polar surface area (TPSA) is 49.9 Å². The summed E-state index contributed by atoms with van der Waals surface area (Å²) >= 11 is 0. The highest BCUT2D eigenvalue weighted by Crippen LogP contribution is 2.35. The molecule has 0 aliphatic carbocycles. The molecule has 0 amide bonds. The van der Waals surface area contributed by atoms with Gasteiger partial charge in [-0.15, -0.1) is 0 Å². The summed E-state index contributed by atoms with van der Waals surface area (Å²) in [7, 11) is -1.72. The van der Waals surface area contributed by atoms with Crippen LogP contribution in [0, 0.1) is 0 Å². The quantitative estimate of drug-likeness (QED) is 0.295. The van der Waals surface area contributed by atoms with Crippen molar-refractivity contribution in [3.63, 3.8) is 0 Å². The van der Waals surface area contributed by atoms with Crippen LogP contribution in [0.1, 0.15) is 49.3 Å². The first-order chi connectivity index (χ1) is 17.9. The second-order valence-corrected chi connectivity index (χ2v) is 11.5. The molecule has 1 fully saturated rings. The minimum absolute atomic E-state index is 0.464. The molecule has 0 atom stereocenters. The Morgan fingerprint density at radius 3 is 2.00 bits per heavy atom. The van der Waals surface area contributed by atoms with Crippen LogP contribution < -0.4 is 9.04 Å². The number of methoxy groups -OCH3 is 1. The minimum atomic E-state index is -3.39. The molecule has 1 saturated heterocycles. The summed E-state index contributed by atoms with van der Waals surface area (Å²) in [6, 6.07) is 26.5. The van der Waals surface area contributed by atoms with E-state index in [0.717, 1.165) is 54.1 Å². The molecule has 0 spiro atoms. The number of nitrogens with zero attached hydrogens (tertiary/aromatic N) is 2. The van der Waals surface area contributed by atoms with Gasteiger partial charge in [-0.2, -0.15) is 0 Å². The number of hydrogen-bond acceptors (Lipinski definition) is 4. The van der Waals surface area contributed by atoms with E-state index in [2.05, 4.69) is 60.4 Å². The van der Waals surface area contributed by atoms with E-state index in [4.69, 9.17) is 4.74 Å². The minimum Gasteiger partial charge on any atom is -0.497 e. The number of anilines is 1. The van der Waals surface area contributed by atoms with Gasteiger partial charge in [0.2, 0.25) is 10.0 Å². The van der Waals surface area contributed by atoms with E-state index >= 15 is 0 Å². The summed E-state index contributed by atoms with van der Waals surface area (Å²) in [6.07, 6.45) is 5.79. The Hall–Kier alpha value is -3.09. The highest BCUT2D eigenvalue weighted by molar-refractivity contribution is 7.92. The molecule has 37 heavy (non-hydrogen) atoms. The zero-order valence-corrected chi connectivity index (χ0v) is 23.0. The van der Waals surface area contributed by atoms with Crippen molar-refractivity contribution in [2.45, 2.75) is 32.6 Å². The summed E-state index contributed by atoms with van der Waals surface area (Å²) in [5, 5.41) is 0. The zero-order valence-electron chi connectivity index (χ0n) is 22.2. The van der Waals surface area contributed by atoms with E-state index in [9.17, 15) is 8.42 Å². The number of ether oxygens (including phenoxy) is 1. The average Bonchev–Trinajstić information content (AvgIpc) is 2.93. The van der Waals surface area contributed by atoms with Crippen LogP contribution in [-0.4, -0.2) is 52.9 Å². The molecule has 0 aromatic heterocycles. The predicted molar refractivity (Wildman–Crippen MR) is 155 cm³/mol. The van der Waals surface area contributed by atoms with Crippen LogP contribution in [0.25, 0.3) is 11.1 Å². The van der Waals surface area contributed by atoms with Crippen LogP contribution in [0.3, 0.4) is 0 Å². The number of likely N-dealkylation sites (tertiary alicyclic amines) is 1. The highest BCUT2D eigenvalue weighted by atomic mass is 32.2. The second-order valence-electron chi connectivity index (χ2n) is 9.59. The predicted octanol–water partition coefficient (Wildman–Crippen LogP) is 6.32. The number of benzene rings is 3. The molecular formula is C31H38N2O3S. The van der Waals surface area contributed by atoms with E-state index in [0.29, 0.717) is 12.2 Å². The Morgan fingerprint density at radius 1 is 0.838 bits per heavy atom. The maximum atomic E-state index is 12.7. The van der Waals surface area contributed by atoms with Gasteiger partial charge >= 0.3 is 0 Å². The van der Waals surface area contributed by atoms with Crippen molar-refractivity contribution in [3.8, 4) is 5.75 Å². The average molecular weight is 519 g/mol. The van der Waals surface area contributed by atoms with Gasteiger partial charge in [-0.1, -0.05) is 67.9 Å². The van der Waals surface area contributed by atoms with Crippen LogP contribution in [0.4, 0.5) is 5.69 Å². The number of hydrogen-bond donors (Lipinski definition) is 0. The molecule has 196 valence electrons. The molecule has 6 heteroatoms. The summed E-state index contributed by atoms with van der Waals surface area (Å²) in [5.41, 5.74) is 6.43. The summed E-state index contributed by atoms with van der Waals surface area (Å²) in [4.78, 5) is 2.37. The Balaban J connectivity index is 1.70. The number of rotatable bonds is 10. The molecule has 5 nitrogen and oxygen atoms in total. The Kier molecular flexibility index (Phi) is 9.06. The Labute approximate surface area is 222 Å². The van der Waals surface area contributed by atoms with Gasteiger partial charge in [0.15, 0.2) is 0 Å². The van der Waals surface area contributed by atoms with Gasteiger partial charge in [0, 0.05) is 13.1 Å².